The Hall–Kier alpha value is -1.19. The van der Waals surface area contributed by atoms with Gasteiger partial charge in [-0.15, -0.1) is 11.3 Å². The Balaban J connectivity index is 2.38. The summed E-state index contributed by atoms with van der Waals surface area (Å²) in [4.78, 5) is 6.00. The van der Waals surface area contributed by atoms with Gasteiger partial charge in [0, 0.05) is 22.9 Å². The first-order chi connectivity index (χ1) is 8.47. The molecule has 1 aromatic carbocycles. The Bertz CT molecular complexity index is 556. The molecule has 18 heavy (non-hydrogen) atoms. The molecular weight excluding hydrogens is 240 g/mol. The van der Waals surface area contributed by atoms with Crippen molar-refractivity contribution in [1.29, 1.82) is 0 Å². The first-order valence-corrected chi connectivity index (χ1v) is 7.08. The van der Waals surface area contributed by atoms with Crippen molar-refractivity contribution in [3.05, 3.63) is 39.2 Å². The predicted octanol–water partition coefficient (Wildman–Crippen LogP) is 3.63. The number of aryl methyl sites for hydroxylation is 3. The van der Waals surface area contributed by atoms with Crippen LogP contribution in [-0.2, 0) is 6.42 Å². The van der Waals surface area contributed by atoms with E-state index in [1.54, 1.807) is 11.3 Å². The van der Waals surface area contributed by atoms with Crippen molar-refractivity contribution in [3.63, 3.8) is 0 Å². The minimum atomic E-state index is 0.170. The summed E-state index contributed by atoms with van der Waals surface area (Å²) in [6.07, 6.45) is 0.857. The SMILES string of the molecule is Cc1ccc(-c2nc(CC(C)N)sc2C)cc1C. The summed E-state index contributed by atoms with van der Waals surface area (Å²) in [7, 11) is 0. The van der Waals surface area contributed by atoms with Gasteiger partial charge in [-0.25, -0.2) is 4.98 Å². The smallest absolute Gasteiger partial charge is 0.0950 e. The monoisotopic (exact) mass is 260 g/mol. The van der Waals surface area contributed by atoms with Crippen LogP contribution in [0.3, 0.4) is 0 Å². The summed E-state index contributed by atoms with van der Waals surface area (Å²) in [5.74, 6) is 0. The first kappa shape index (κ1) is 13.2. The third-order valence-electron chi connectivity index (χ3n) is 3.12. The molecule has 96 valence electrons. The molecule has 0 bridgehead atoms. The number of nitrogens with two attached hydrogens (primary N) is 1. The molecule has 2 N–H and O–H groups in total. The third-order valence-corrected chi connectivity index (χ3v) is 4.11. The van der Waals surface area contributed by atoms with Crippen molar-refractivity contribution >= 4 is 11.3 Å². The summed E-state index contributed by atoms with van der Waals surface area (Å²) in [5, 5.41) is 1.13. The van der Waals surface area contributed by atoms with Gasteiger partial charge in [-0.05, 0) is 44.9 Å². The van der Waals surface area contributed by atoms with E-state index < -0.39 is 0 Å². The normalized spacial score (nSPS) is 12.7. The lowest BCUT2D eigenvalue weighted by Gasteiger charge is -2.04. The third kappa shape index (κ3) is 2.79. The van der Waals surface area contributed by atoms with Gasteiger partial charge in [0.05, 0.1) is 10.7 Å². The van der Waals surface area contributed by atoms with Crippen LogP contribution in [0.4, 0.5) is 0 Å². The molecule has 1 heterocycles. The fourth-order valence-electron chi connectivity index (χ4n) is 1.97. The zero-order valence-corrected chi connectivity index (χ0v) is 12.3. The average molecular weight is 260 g/mol. The maximum Gasteiger partial charge on any atom is 0.0950 e. The van der Waals surface area contributed by atoms with E-state index in [9.17, 15) is 0 Å². The van der Waals surface area contributed by atoms with E-state index in [2.05, 4.69) is 39.0 Å². The largest absolute Gasteiger partial charge is 0.328 e. The molecule has 0 saturated carbocycles. The van der Waals surface area contributed by atoms with Crippen molar-refractivity contribution in [2.24, 2.45) is 5.73 Å². The van der Waals surface area contributed by atoms with Gasteiger partial charge < -0.3 is 5.73 Å². The summed E-state index contributed by atoms with van der Waals surface area (Å²) in [5.41, 5.74) is 10.8. The van der Waals surface area contributed by atoms with E-state index in [1.807, 2.05) is 6.92 Å². The topological polar surface area (TPSA) is 38.9 Å². The van der Waals surface area contributed by atoms with Gasteiger partial charge in [-0.1, -0.05) is 12.1 Å². The highest BCUT2D eigenvalue weighted by molar-refractivity contribution is 7.12. The number of hydrogen-bond donors (Lipinski definition) is 1. The number of aromatic nitrogens is 1. The highest BCUT2D eigenvalue weighted by atomic mass is 32.1. The molecule has 0 spiro atoms. The Labute approximate surface area is 113 Å². The van der Waals surface area contributed by atoms with E-state index in [-0.39, 0.29) is 6.04 Å². The summed E-state index contributed by atoms with van der Waals surface area (Å²) in [6, 6.07) is 6.70. The summed E-state index contributed by atoms with van der Waals surface area (Å²) >= 11 is 1.76. The van der Waals surface area contributed by atoms with Gasteiger partial charge in [0.25, 0.3) is 0 Å². The molecule has 1 aromatic heterocycles. The van der Waals surface area contributed by atoms with Crippen LogP contribution < -0.4 is 5.73 Å². The number of rotatable bonds is 3. The molecule has 1 atom stereocenters. The molecule has 0 saturated heterocycles. The number of hydrogen-bond acceptors (Lipinski definition) is 3. The average Bonchev–Trinajstić information content (AvgIpc) is 2.62. The fraction of sp³-hybridized carbons (Fsp3) is 0.400. The molecular formula is C15H20N2S. The van der Waals surface area contributed by atoms with Crippen LogP contribution in [-0.4, -0.2) is 11.0 Å². The zero-order chi connectivity index (χ0) is 13.3. The second-order valence-corrected chi connectivity index (χ2v) is 6.28. The zero-order valence-electron chi connectivity index (χ0n) is 11.4. The number of nitrogens with zero attached hydrogens (tertiary/aromatic N) is 1. The van der Waals surface area contributed by atoms with Gasteiger partial charge in [-0.2, -0.15) is 0 Å². The quantitative estimate of drug-likeness (QED) is 0.915. The molecule has 0 aliphatic heterocycles. The van der Waals surface area contributed by atoms with Crippen molar-refractivity contribution in [2.75, 3.05) is 0 Å². The van der Waals surface area contributed by atoms with Crippen LogP contribution in [0.25, 0.3) is 11.3 Å². The van der Waals surface area contributed by atoms with Crippen LogP contribution in [0.5, 0.6) is 0 Å². The predicted molar refractivity (Wildman–Crippen MR) is 79.1 cm³/mol. The van der Waals surface area contributed by atoms with E-state index in [1.165, 1.54) is 21.6 Å². The van der Waals surface area contributed by atoms with Gasteiger partial charge in [0.15, 0.2) is 0 Å². The van der Waals surface area contributed by atoms with E-state index in [0.29, 0.717) is 0 Å². The molecule has 3 heteroatoms. The molecule has 1 unspecified atom stereocenters. The van der Waals surface area contributed by atoms with Crippen molar-refractivity contribution in [1.82, 2.24) is 4.98 Å². The lowest BCUT2D eigenvalue weighted by Crippen LogP contribution is -2.17. The standard InChI is InChI=1S/C15H20N2S/c1-9-5-6-13(7-10(9)2)15-12(4)18-14(17-15)8-11(3)16/h5-7,11H,8,16H2,1-4H3. The van der Waals surface area contributed by atoms with Crippen molar-refractivity contribution < 1.29 is 0 Å². The lowest BCUT2D eigenvalue weighted by molar-refractivity contribution is 0.734. The fourth-order valence-corrected chi connectivity index (χ4v) is 3.07. The second-order valence-electron chi connectivity index (χ2n) is 4.99. The van der Waals surface area contributed by atoms with Gasteiger partial charge in [-0.3, -0.25) is 0 Å². The van der Waals surface area contributed by atoms with Crippen LogP contribution in [0.2, 0.25) is 0 Å². The molecule has 0 fully saturated rings. The minimum Gasteiger partial charge on any atom is -0.328 e. The maximum atomic E-state index is 5.83. The van der Waals surface area contributed by atoms with Gasteiger partial charge >= 0.3 is 0 Å². The van der Waals surface area contributed by atoms with Crippen LogP contribution >= 0.6 is 11.3 Å². The van der Waals surface area contributed by atoms with Crippen LogP contribution in [0.1, 0.15) is 27.9 Å². The second kappa shape index (κ2) is 5.21. The van der Waals surface area contributed by atoms with E-state index in [0.717, 1.165) is 17.1 Å². The molecule has 0 aliphatic carbocycles. The Morgan fingerprint density at radius 2 is 1.94 bits per heavy atom. The molecule has 0 amide bonds. The van der Waals surface area contributed by atoms with E-state index in [4.69, 9.17) is 10.7 Å². The Morgan fingerprint density at radius 3 is 2.56 bits per heavy atom. The molecule has 0 aliphatic rings. The van der Waals surface area contributed by atoms with Crippen LogP contribution in [0.15, 0.2) is 18.2 Å². The van der Waals surface area contributed by atoms with Crippen LogP contribution in [0, 0.1) is 20.8 Å². The lowest BCUT2D eigenvalue weighted by atomic mass is 10.0. The first-order valence-electron chi connectivity index (χ1n) is 6.27. The Kier molecular flexibility index (Phi) is 3.83. The van der Waals surface area contributed by atoms with Gasteiger partial charge in [0.1, 0.15) is 0 Å². The number of thiazole rings is 1. The van der Waals surface area contributed by atoms with E-state index >= 15 is 0 Å². The molecule has 2 nitrogen and oxygen atoms in total. The highest BCUT2D eigenvalue weighted by Crippen LogP contribution is 2.29. The molecule has 0 radical (unpaired) electrons. The Morgan fingerprint density at radius 1 is 1.22 bits per heavy atom. The van der Waals surface area contributed by atoms with Crippen molar-refractivity contribution in [2.45, 2.75) is 40.2 Å². The molecule has 2 rings (SSSR count). The number of benzene rings is 1. The summed E-state index contributed by atoms with van der Waals surface area (Å²) in [6.45, 7) is 8.43. The van der Waals surface area contributed by atoms with Crippen molar-refractivity contribution in [3.8, 4) is 11.3 Å². The minimum absolute atomic E-state index is 0.170. The highest BCUT2D eigenvalue weighted by Gasteiger charge is 2.11. The van der Waals surface area contributed by atoms with Gasteiger partial charge in [0.2, 0.25) is 0 Å². The maximum absolute atomic E-state index is 5.83. The summed E-state index contributed by atoms with van der Waals surface area (Å²) < 4.78 is 0. The molecule has 2 aromatic rings.